The van der Waals surface area contributed by atoms with Gasteiger partial charge in [-0.15, -0.1) is 12.4 Å². The van der Waals surface area contributed by atoms with Crippen molar-refractivity contribution in [3.05, 3.63) is 29.6 Å². The SMILES string of the molecule is Cl.Nc1ccc(F)cc1CC1=NCCN1. The van der Waals surface area contributed by atoms with Crippen molar-refractivity contribution in [1.29, 1.82) is 0 Å². The second kappa shape index (κ2) is 4.98. The first-order valence-electron chi connectivity index (χ1n) is 4.57. The van der Waals surface area contributed by atoms with E-state index in [1.54, 1.807) is 6.07 Å². The highest BCUT2D eigenvalue weighted by Crippen LogP contribution is 2.14. The highest BCUT2D eigenvalue weighted by molar-refractivity contribution is 5.86. The molecule has 3 nitrogen and oxygen atoms in total. The number of nitrogens with zero attached hydrogens (tertiary/aromatic N) is 1. The number of amidine groups is 1. The quantitative estimate of drug-likeness (QED) is 0.753. The molecule has 0 saturated heterocycles. The average molecular weight is 230 g/mol. The monoisotopic (exact) mass is 229 g/mol. The standard InChI is InChI=1S/C10H12FN3.ClH/c11-8-1-2-9(12)7(5-8)6-10-13-3-4-14-10;/h1-2,5H,3-4,6,12H2,(H,13,14);1H. The zero-order valence-electron chi connectivity index (χ0n) is 8.16. The third kappa shape index (κ3) is 2.83. The molecule has 0 radical (unpaired) electrons. The fraction of sp³-hybridized carbons (Fsp3) is 0.300. The molecule has 0 atom stereocenters. The number of aliphatic imine (C=N–C) groups is 1. The second-order valence-electron chi connectivity index (χ2n) is 3.28. The van der Waals surface area contributed by atoms with Crippen LogP contribution in [0.2, 0.25) is 0 Å². The number of rotatable bonds is 2. The van der Waals surface area contributed by atoms with Crippen molar-refractivity contribution in [3.63, 3.8) is 0 Å². The highest BCUT2D eigenvalue weighted by Gasteiger charge is 2.08. The van der Waals surface area contributed by atoms with Crippen molar-refractivity contribution < 1.29 is 4.39 Å². The minimum atomic E-state index is -0.257. The van der Waals surface area contributed by atoms with Crippen molar-refractivity contribution in [2.45, 2.75) is 6.42 Å². The van der Waals surface area contributed by atoms with E-state index in [4.69, 9.17) is 5.73 Å². The summed E-state index contributed by atoms with van der Waals surface area (Å²) < 4.78 is 12.9. The first-order valence-corrected chi connectivity index (χ1v) is 4.57. The summed E-state index contributed by atoms with van der Waals surface area (Å²) in [6.45, 7) is 1.66. The van der Waals surface area contributed by atoms with Gasteiger partial charge < -0.3 is 11.1 Å². The van der Waals surface area contributed by atoms with Gasteiger partial charge in [-0.2, -0.15) is 0 Å². The molecule has 0 aliphatic carbocycles. The van der Waals surface area contributed by atoms with Crippen LogP contribution in [0.5, 0.6) is 0 Å². The Hall–Kier alpha value is -1.29. The van der Waals surface area contributed by atoms with Crippen molar-refractivity contribution >= 4 is 23.9 Å². The van der Waals surface area contributed by atoms with Crippen molar-refractivity contribution in [2.75, 3.05) is 18.8 Å². The van der Waals surface area contributed by atoms with Gasteiger partial charge in [0.2, 0.25) is 0 Å². The van der Waals surface area contributed by atoms with E-state index in [1.165, 1.54) is 12.1 Å². The maximum atomic E-state index is 12.9. The van der Waals surface area contributed by atoms with Crippen LogP contribution in [0.15, 0.2) is 23.2 Å². The van der Waals surface area contributed by atoms with Crippen molar-refractivity contribution in [3.8, 4) is 0 Å². The second-order valence-corrected chi connectivity index (χ2v) is 3.28. The third-order valence-electron chi connectivity index (χ3n) is 2.21. The van der Waals surface area contributed by atoms with Crippen molar-refractivity contribution in [2.24, 2.45) is 4.99 Å². The van der Waals surface area contributed by atoms with Gasteiger partial charge in [0.25, 0.3) is 0 Å². The molecule has 0 unspecified atom stereocenters. The molecule has 1 aliphatic rings. The number of nitrogens with two attached hydrogens (primary N) is 1. The van der Waals surface area contributed by atoms with Gasteiger partial charge in [0.05, 0.1) is 6.54 Å². The summed E-state index contributed by atoms with van der Waals surface area (Å²) >= 11 is 0. The van der Waals surface area contributed by atoms with Gasteiger partial charge in [-0.05, 0) is 23.8 Å². The molecular weight excluding hydrogens is 217 g/mol. The molecule has 0 bridgehead atoms. The van der Waals surface area contributed by atoms with E-state index in [1.807, 2.05) is 0 Å². The molecule has 0 amide bonds. The number of nitrogen functional groups attached to an aromatic ring is 1. The van der Waals surface area contributed by atoms with E-state index in [0.717, 1.165) is 24.5 Å². The van der Waals surface area contributed by atoms with Crippen LogP contribution in [0, 0.1) is 5.82 Å². The summed E-state index contributed by atoms with van der Waals surface area (Å²) in [5.74, 6) is 0.634. The van der Waals surface area contributed by atoms with Crippen LogP contribution >= 0.6 is 12.4 Å². The summed E-state index contributed by atoms with van der Waals surface area (Å²) in [4.78, 5) is 4.23. The van der Waals surface area contributed by atoms with Gasteiger partial charge in [0.1, 0.15) is 11.7 Å². The summed E-state index contributed by atoms with van der Waals surface area (Å²) in [7, 11) is 0. The topological polar surface area (TPSA) is 50.4 Å². The average Bonchev–Trinajstić information content (AvgIpc) is 2.64. The Balaban J connectivity index is 0.00000112. The third-order valence-corrected chi connectivity index (χ3v) is 2.21. The van der Waals surface area contributed by atoms with Gasteiger partial charge >= 0.3 is 0 Å². The number of benzene rings is 1. The fourth-order valence-corrected chi connectivity index (χ4v) is 1.47. The maximum Gasteiger partial charge on any atom is 0.123 e. The predicted molar refractivity (Wildman–Crippen MR) is 62.1 cm³/mol. The van der Waals surface area contributed by atoms with Crippen LogP contribution < -0.4 is 11.1 Å². The van der Waals surface area contributed by atoms with Gasteiger partial charge in [-0.3, -0.25) is 4.99 Å². The lowest BCUT2D eigenvalue weighted by Gasteiger charge is -2.05. The summed E-state index contributed by atoms with van der Waals surface area (Å²) in [5, 5.41) is 3.12. The number of hydrogen-bond acceptors (Lipinski definition) is 3. The highest BCUT2D eigenvalue weighted by atomic mass is 35.5. The van der Waals surface area contributed by atoms with E-state index in [0.29, 0.717) is 12.1 Å². The molecule has 3 N–H and O–H groups in total. The molecule has 2 rings (SSSR count). The van der Waals surface area contributed by atoms with Crippen molar-refractivity contribution in [1.82, 2.24) is 5.32 Å². The number of anilines is 1. The lowest BCUT2D eigenvalue weighted by Crippen LogP contribution is -2.21. The smallest absolute Gasteiger partial charge is 0.123 e. The molecule has 1 aromatic rings. The lowest BCUT2D eigenvalue weighted by atomic mass is 10.1. The van der Waals surface area contributed by atoms with Crippen LogP contribution in [0.1, 0.15) is 5.56 Å². The molecule has 82 valence electrons. The summed E-state index contributed by atoms with van der Waals surface area (Å²) in [6.07, 6.45) is 0.587. The van der Waals surface area contributed by atoms with Gasteiger partial charge in [0, 0.05) is 18.7 Å². The first kappa shape index (κ1) is 11.8. The molecule has 1 heterocycles. The molecule has 15 heavy (non-hydrogen) atoms. The zero-order chi connectivity index (χ0) is 9.97. The normalized spacial score (nSPS) is 14.1. The van der Waals surface area contributed by atoms with E-state index < -0.39 is 0 Å². The Labute approximate surface area is 94.0 Å². The number of halogens is 2. The van der Waals surface area contributed by atoms with E-state index in [-0.39, 0.29) is 18.2 Å². The Morgan fingerprint density at radius 2 is 2.27 bits per heavy atom. The Morgan fingerprint density at radius 1 is 1.47 bits per heavy atom. The van der Waals surface area contributed by atoms with Crippen LogP contribution in [-0.2, 0) is 6.42 Å². The first-order chi connectivity index (χ1) is 6.75. The zero-order valence-corrected chi connectivity index (χ0v) is 8.98. The summed E-state index contributed by atoms with van der Waals surface area (Å²) in [5.41, 5.74) is 7.12. The minimum absolute atomic E-state index is 0. The Morgan fingerprint density at radius 3 is 2.93 bits per heavy atom. The Kier molecular flexibility index (Phi) is 3.91. The largest absolute Gasteiger partial charge is 0.398 e. The van der Waals surface area contributed by atoms with E-state index in [9.17, 15) is 4.39 Å². The molecule has 0 aromatic heterocycles. The molecule has 0 saturated carbocycles. The molecule has 0 spiro atoms. The van der Waals surface area contributed by atoms with Gasteiger partial charge in [0.15, 0.2) is 0 Å². The van der Waals surface area contributed by atoms with Crippen LogP contribution in [0.3, 0.4) is 0 Å². The number of hydrogen-bond donors (Lipinski definition) is 2. The van der Waals surface area contributed by atoms with Gasteiger partial charge in [-0.1, -0.05) is 0 Å². The van der Waals surface area contributed by atoms with Gasteiger partial charge in [-0.25, -0.2) is 4.39 Å². The molecular formula is C10H13ClFN3. The van der Waals surface area contributed by atoms with Crippen LogP contribution in [0.4, 0.5) is 10.1 Å². The molecule has 5 heteroatoms. The number of nitrogens with one attached hydrogen (secondary N) is 1. The van der Waals surface area contributed by atoms with E-state index in [2.05, 4.69) is 10.3 Å². The predicted octanol–water partition coefficient (Wildman–Crippen LogP) is 1.37. The molecule has 0 fully saturated rings. The lowest BCUT2D eigenvalue weighted by molar-refractivity contribution is 0.626. The van der Waals surface area contributed by atoms with E-state index >= 15 is 0 Å². The van der Waals surface area contributed by atoms with Crippen LogP contribution in [-0.4, -0.2) is 18.9 Å². The fourth-order valence-electron chi connectivity index (χ4n) is 1.47. The maximum absolute atomic E-state index is 12.9. The van der Waals surface area contributed by atoms with Crippen LogP contribution in [0.25, 0.3) is 0 Å². The summed E-state index contributed by atoms with van der Waals surface area (Å²) in [6, 6.07) is 4.40. The molecule has 1 aromatic carbocycles. The molecule has 1 aliphatic heterocycles. The Bertz CT molecular complexity index is 379. The minimum Gasteiger partial charge on any atom is -0.398 e.